The number of carbonyl (C=O) groups excluding carboxylic acids is 1. The third-order valence-corrected chi connectivity index (χ3v) is 3.64. The lowest BCUT2D eigenvalue weighted by atomic mass is 10.1. The van der Waals surface area contributed by atoms with Crippen molar-refractivity contribution in [2.24, 2.45) is 4.99 Å². The number of hydrogen-bond donors (Lipinski definition) is 0. The second kappa shape index (κ2) is 7.49. The summed E-state index contributed by atoms with van der Waals surface area (Å²) in [6.45, 7) is 0. The summed E-state index contributed by atoms with van der Waals surface area (Å²) in [7, 11) is 2.98. The number of hydrogen-bond acceptors (Lipinski definition) is 5. The van der Waals surface area contributed by atoms with Gasteiger partial charge in [0.15, 0.2) is 0 Å². The molecule has 0 bridgehead atoms. The molecule has 2 aromatic carbocycles. The Morgan fingerprint density at radius 2 is 1.76 bits per heavy atom. The van der Waals surface area contributed by atoms with E-state index >= 15 is 0 Å². The van der Waals surface area contributed by atoms with Gasteiger partial charge < -0.3 is 13.9 Å². The molecular weight excluding hydrogens is 318 g/mol. The molecule has 1 heterocycles. The topological polar surface area (TPSA) is 61.0 Å². The molecule has 3 rings (SSSR count). The zero-order valence-corrected chi connectivity index (χ0v) is 13.9. The van der Waals surface area contributed by atoms with E-state index in [1.54, 1.807) is 37.6 Å². The van der Waals surface area contributed by atoms with E-state index in [0.29, 0.717) is 22.6 Å². The molecule has 126 valence electrons. The van der Waals surface area contributed by atoms with Crippen molar-refractivity contribution in [2.45, 2.75) is 0 Å². The maximum atomic E-state index is 11.9. The van der Waals surface area contributed by atoms with Gasteiger partial charge in [-0.05, 0) is 42.5 Å². The smallest absolute Gasteiger partial charge is 0.338 e. The number of ether oxygens (including phenoxy) is 2. The van der Waals surface area contributed by atoms with E-state index < -0.39 is 5.97 Å². The zero-order valence-electron chi connectivity index (χ0n) is 13.9. The fraction of sp³-hybridized carbons (Fsp3) is 0.100. The van der Waals surface area contributed by atoms with Crippen LogP contribution in [-0.2, 0) is 4.74 Å². The van der Waals surface area contributed by atoms with Crippen LogP contribution in [0.15, 0.2) is 70.1 Å². The number of benzene rings is 2. The average molecular weight is 335 g/mol. The van der Waals surface area contributed by atoms with E-state index in [4.69, 9.17) is 13.9 Å². The second-order valence-corrected chi connectivity index (χ2v) is 5.20. The number of furan rings is 1. The van der Waals surface area contributed by atoms with Gasteiger partial charge in [-0.2, -0.15) is 0 Å². The number of methoxy groups -OCH3 is 2. The second-order valence-electron chi connectivity index (χ2n) is 5.20. The van der Waals surface area contributed by atoms with E-state index in [1.165, 1.54) is 7.11 Å². The van der Waals surface area contributed by atoms with Gasteiger partial charge in [0.05, 0.1) is 31.7 Å². The van der Waals surface area contributed by atoms with Crippen LogP contribution in [0.1, 0.15) is 16.1 Å². The minimum Gasteiger partial charge on any atom is -0.497 e. The van der Waals surface area contributed by atoms with Gasteiger partial charge in [0.1, 0.15) is 17.3 Å². The first-order valence-corrected chi connectivity index (χ1v) is 7.67. The van der Waals surface area contributed by atoms with Gasteiger partial charge in [0, 0.05) is 5.56 Å². The third kappa shape index (κ3) is 3.77. The molecule has 0 aliphatic heterocycles. The molecule has 5 nitrogen and oxygen atoms in total. The molecule has 0 saturated heterocycles. The highest BCUT2D eigenvalue weighted by Gasteiger charge is 2.14. The van der Waals surface area contributed by atoms with Gasteiger partial charge in [0.2, 0.25) is 0 Å². The molecule has 5 heteroatoms. The lowest BCUT2D eigenvalue weighted by Crippen LogP contribution is -2.02. The standard InChI is InChI=1S/C20H17NO4/c1-23-15-9-7-14(8-10-15)21-13-16-11-12-19(25-16)17-5-3-4-6-18(17)20(22)24-2/h3-13H,1-2H3. The van der Waals surface area contributed by atoms with E-state index in [9.17, 15) is 4.79 Å². The first-order chi connectivity index (χ1) is 12.2. The largest absolute Gasteiger partial charge is 0.497 e. The summed E-state index contributed by atoms with van der Waals surface area (Å²) in [6, 6.07) is 18.1. The maximum Gasteiger partial charge on any atom is 0.338 e. The SMILES string of the molecule is COC(=O)c1ccccc1-c1ccc(C=Nc2ccc(OC)cc2)o1. The highest BCUT2D eigenvalue weighted by molar-refractivity contribution is 5.96. The van der Waals surface area contributed by atoms with E-state index in [-0.39, 0.29) is 0 Å². The molecule has 0 saturated carbocycles. The van der Waals surface area contributed by atoms with Gasteiger partial charge in [-0.25, -0.2) is 4.79 Å². The molecule has 0 atom stereocenters. The maximum absolute atomic E-state index is 11.9. The molecule has 0 unspecified atom stereocenters. The van der Waals surface area contributed by atoms with Crippen LogP contribution in [0.3, 0.4) is 0 Å². The zero-order chi connectivity index (χ0) is 17.6. The molecule has 0 spiro atoms. The van der Waals surface area contributed by atoms with Crippen LogP contribution >= 0.6 is 0 Å². The van der Waals surface area contributed by atoms with Crippen LogP contribution in [0, 0.1) is 0 Å². The molecule has 0 aliphatic rings. The van der Waals surface area contributed by atoms with Gasteiger partial charge in [-0.1, -0.05) is 18.2 Å². The average Bonchev–Trinajstić information content (AvgIpc) is 3.15. The molecule has 0 amide bonds. The molecule has 1 aromatic heterocycles. The molecule has 0 radical (unpaired) electrons. The molecule has 0 N–H and O–H groups in total. The van der Waals surface area contributed by atoms with Crippen LogP contribution in [0.5, 0.6) is 5.75 Å². The summed E-state index contributed by atoms with van der Waals surface area (Å²) in [4.78, 5) is 16.2. The summed E-state index contributed by atoms with van der Waals surface area (Å²) in [5, 5.41) is 0. The normalized spacial score (nSPS) is 10.8. The Morgan fingerprint density at radius 3 is 2.48 bits per heavy atom. The van der Waals surface area contributed by atoms with Crippen molar-refractivity contribution in [3.05, 3.63) is 72.0 Å². The van der Waals surface area contributed by atoms with E-state index in [1.807, 2.05) is 36.4 Å². The van der Waals surface area contributed by atoms with Crippen LogP contribution in [-0.4, -0.2) is 26.4 Å². The fourth-order valence-electron chi connectivity index (χ4n) is 2.36. The van der Waals surface area contributed by atoms with Crippen LogP contribution < -0.4 is 4.74 Å². The van der Waals surface area contributed by atoms with Gasteiger partial charge in [-0.15, -0.1) is 0 Å². The number of aliphatic imine (C=N–C) groups is 1. The molecular formula is C20H17NO4. The monoisotopic (exact) mass is 335 g/mol. The Bertz CT molecular complexity index is 894. The summed E-state index contributed by atoms with van der Waals surface area (Å²) < 4.78 is 15.7. The van der Waals surface area contributed by atoms with Crippen molar-refractivity contribution in [1.82, 2.24) is 0 Å². The van der Waals surface area contributed by atoms with Crippen LogP contribution in [0.25, 0.3) is 11.3 Å². The Kier molecular flexibility index (Phi) is 4.95. The van der Waals surface area contributed by atoms with Crippen molar-refractivity contribution in [1.29, 1.82) is 0 Å². The van der Waals surface area contributed by atoms with E-state index in [0.717, 1.165) is 11.4 Å². The number of nitrogens with zero attached hydrogens (tertiary/aromatic N) is 1. The Hall–Kier alpha value is -3.34. The molecule has 25 heavy (non-hydrogen) atoms. The van der Waals surface area contributed by atoms with Crippen molar-refractivity contribution in [2.75, 3.05) is 14.2 Å². The predicted molar refractivity (Wildman–Crippen MR) is 95.7 cm³/mol. The van der Waals surface area contributed by atoms with Crippen LogP contribution in [0.4, 0.5) is 5.69 Å². The highest BCUT2D eigenvalue weighted by atomic mass is 16.5. The van der Waals surface area contributed by atoms with Gasteiger partial charge in [0.25, 0.3) is 0 Å². The quantitative estimate of drug-likeness (QED) is 0.509. The minimum atomic E-state index is -0.402. The first-order valence-electron chi connectivity index (χ1n) is 7.67. The van der Waals surface area contributed by atoms with Crippen molar-refractivity contribution in [3.63, 3.8) is 0 Å². The lowest BCUT2D eigenvalue weighted by molar-refractivity contribution is 0.0601. The number of rotatable bonds is 5. The molecule has 3 aromatic rings. The van der Waals surface area contributed by atoms with Crippen molar-refractivity contribution < 1.29 is 18.7 Å². The highest BCUT2D eigenvalue weighted by Crippen LogP contribution is 2.26. The van der Waals surface area contributed by atoms with E-state index in [2.05, 4.69) is 4.99 Å². The Morgan fingerprint density at radius 1 is 1.00 bits per heavy atom. The number of esters is 1. The van der Waals surface area contributed by atoms with Crippen LogP contribution in [0.2, 0.25) is 0 Å². The van der Waals surface area contributed by atoms with Gasteiger partial charge >= 0.3 is 5.97 Å². The summed E-state index contributed by atoms with van der Waals surface area (Å²) in [5.41, 5.74) is 1.92. The third-order valence-electron chi connectivity index (χ3n) is 3.64. The minimum absolute atomic E-state index is 0.402. The van der Waals surface area contributed by atoms with Gasteiger partial charge in [-0.3, -0.25) is 4.99 Å². The number of carbonyl (C=O) groups is 1. The Balaban J connectivity index is 1.83. The summed E-state index contributed by atoms with van der Waals surface area (Å²) in [6.07, 6.45) is 1.63. The lowest BCUT2D eigenvalue weighted by Gasteiger charge is -2.04. The molecule has 0 aliphatic carbocycles. The van der Waals surface area contributed by atoms with Crippen molar-refractivity contribution in [3.8, 4) is 17.1 Å². The first kappa shape index (κ1) is 16.5. The summed E-state index contributed by atoms with van der Waals surface area (Å²) >= 11 is 0. The predicted octanol–water partition coefficient (Wildman–Crippen LogP) is 4.49. The summed E-state index contributed by atoms with van der Waals surface area (Å²) in [5.74, 6) is 1.54. The molecule has 0 fully saturated rings. The fourth-order valence-corrected chi connectivity index (χ4v) is 2.36. The Labute approximate surface area is 145 Å². The van der Waals surface area contributed by atoms with Crippen molar-refractivity contribution >= 4 is 17.9 Å².